The summed E-state index contributed by atoms with van der Waals surface area (Å²) in [7, 11) is 1.80. The molecule has 6 nitrogen and oxygen atoms in total. The maximum Gasteiger partial charge on any atom is 0.294 e. The standard InChI is InChI=1S/C13H14ClFN4O2/c1-3-11-8(7-18(2)17-11)6-16-12-5-10(15)9(14)4-13(12)19(20)21/h4-5,7,16H,3,6H2,1-2H3. The zero-order valence-electron chi connectivity index (χ0n) is 11.6. The monoisotopic (exact) mass is 312 g/mol. The molecular weight excluding hydrogens is 299 g/mol. The van der Waals surface area contributed by atoms with Crippen LogP contribution in [0.3, 0.4) is 0 Å². The summed E-state index contributed by atoms with van der Waals surface area (Å²) < 4.78 is 15.2. The Morgan fingerprint density at radius 2 is 2.24 bits per heavy atom. The van der Waals surface area contributed by atoms with E-state index in [4.69, 9.17) is 11.6 Å². The smallest absolute Gasteiger partial charge is 0.294 e. The lowest BCUT2D eigenvalue weighted by Crippen LogP contribution is -2.04. The van der Waals surface area contributed by atoms with Crippen LogP contribution >= 0.6 is 11.6 Å². The summed E-state index contributed by atoms with van der Waals surface area (Å²) in [5.41, 5.74) is 1.63. The molecule has 1 N–H and O–H groups in total. The predicted molar refractivity (Wildman–Crippen MR) is 78.0 cm³/mol. The van der Waals surface area contributed by atoms with Crippen molar-refractivity contribution in [2.45, 2.75) is 19.9 Å². The maximum atomic E-state index is 13.5. The molecule has 8 heteroatoms. The molecule has 0 aliphatic carbocycles. The number of hydrogen-bond acceptors (Lipinski definition) is 4. The van der Waals surface area contributed by atoms with Crippen LogP contribution in [0.2, 0.25) is 5.02 Å². The predicted octanol–water partition coefficient (Wildman–Crippen LogP) is 3.30. The number of nitro benzene ring substituents is 1. The second kappa shape index (κ2) is 6.09. The summed E-state index contributed by atoms with van der Waals surface area (Å²) in [6.45, 7) is 2.29. The minimum absolute atomic E-state index is 0.0906. The fourth-order valence-electron chi connectivity index (χ4n) is 2.05. The van der Waals surface area contributed by atoms with Gasteiger partial charge >= 0.3 is 0 Å². The van der Waals surface area contributed by atoms with E-state index in [1.807, 2.05) is 13.1 Å². The van der Waals surface area contributed by atoms with Crippen LogP contribution in [0, 0.1) is 15.9 Å². The van der Waals surface area contributed by atoms with Crippen molar-refractivity contribution in [3.63, 3.8) is 0 Å². The largest absolute Gasteiger partial charge is 0.375 e. The molecule has 0 saturated heterocycles. The zero-order valence-corrected chi connectivity index (χ0v) is 12.3. The Kier molecular flexibility index (Phi) is 4.42. The summed E-state index contributed by atoms with van der Waals surface area (Å²) in [5.74, 6) is -0.702. The molecule has 1 aromatic carbocycles. The lowest BCUT2D eigenvalue weighted by atomic mass is 10.2. The average Bonchev–Trinajstić information content (AvgIpc) is 2.79. The van der Waals surface area contributed by atoms with Gasteiger partial charge in [0.25, 0.3) is 5.69 Å². The molecule has 0 saturated carbocycles. The van der Waals surface area contributed by atoms with Gasteiger partial charge in [-0.3, -0.25) is 14.8 Å². The Morgan fingerprint density at radius 3 is 2.86 bits per heavy atom. The topological polar surface area (TPSA) is 73.0 Å². The van der Waals surface area contributed by atoms with Gasteiger partial charge < -0.3 is 5.32 Å². The summed E-state index contributed by atoms with van der Waals surface area (Å²) in [5, 5.41) is 17.9. The first-order valence-electron chi connectivity index (χ1n) is 6.31. The molecule has 0 fully saturated rings. The number of anilines is 1. The lowest BCUT2D eigenvalue weighted by molar-refractivity contribution is -0.384. The molecule has 112 valence electrons. The van der Waals surface area contributed by atoms with Gasteiger partial charge in [-0.2, -0.15) is 5.10 Å². The summed E-state index contributed by atoms with van der Waals surface area (Å²) in [6, 6.07) is 2.03. The fraction of sp³-hybridized carbons (Fsp3) is 0.308. The van der Waals surface area contributed by atoms with Gasteiger partial charge in [0.15, 0.2) is 0 Å². The molecule has 1 heterocycles. The van der Waals surface area contributed by atoms with Crippen molar-refractivity contribution in [3.05, 3.63) is 50.5 Å². The summed E-state index contributed by atoms with van der Waals surface area (Å²) >= 11 is 5.58. The molecule has 0 aliphatic heterocycles. The highest BCUT2D eigenvalue weighted by atomic mass is 35.5. The number of nitrogens with one attached hydrogen (secondary N) is 1. The van der Waals surface area contributed by atoms with Crippen LogP contribution in [0.5, 0.6) is 0 Å². The average molecular weight is 313 g/mol. The van der Waals surface area contributed by atoms with Crippen LogP contribution in [0.4, 0.5) is 15.8 Å². The van der Waals surface area contributed by atoms with Gasteiger partial charge in [-0.1, -0.05) is 18.5 Å². The van der Waals surface area contributed by atoms with Crippen molar-refractivity contribution < 1.29 is 9.31 Å². The zero-order chi connectivity index (χ0) is 15.6. The molecule has 0 atom stereocenters. The fourth-order valence-corrected chi connectivity index (χ4v) is 2.21. The van der Waals surface area contributed by atoms with Gasteiger partial charge in [0.2, 0.25) is 0 Å². The molecule has 2 aromatic rings. The van der Waals surface area contributed by atoms with Crippen molar-refractivity contribution in [2.75, 3.05) is 5.32 Å². The molecule has 0 amide bonds. The second-order valence-corrected chi connectivity index (χ2v) is 4.93. The van der Waals surface area contributed by atoms with E-state index < -0.39 is 10.7 Å². The van der Waals surface area contributed by atoms with Crippen molar-refractivity contribution >= 4 is 23.0 Å². The Labute approximate surface area is 125 Å². The van der Waals surface area contributed by atoms with Crippen molar-refractivity contribution in [1.82, 2.24) is 9.78 Å². The van der Waals surface area contributed by atoms with Gasteiger partial charge in [0, 0.05) is 37.5 Å². The Balaban J connectivity index is 2.27. The molecule has 21 heavy (non-hydrogen) atoms. The van der Waals surface area contributed by atoms with E-state index in [9.17, 15) is 14.5 Å². The molecule has 0 aliphatic rings. The molecule has 1 aromatic heterocycles. The van der Waals surface area contributed by atoms with Crippen LogP contribution < -0.4 is 5.32 Å². The molecule has 0 spiro atoms. The number of aryl methyl sites for hydroxylation is 2. The molecule has 0 radical (unpaired) electrons. The van der Waals surface area contributed by atoms with Gasteiger partial charge in [0.1, 0.15) is 11.5 Å². The van der Waals surface area contributed by atoms with Gasteiger partial charge in [-0.05, 0) is 6.42 Å². The quantitative estimate of drug-likeness (QED) is 0.679. The van der Waals surface area contributed by atoms with E-state index in [1.54, 1.807) is 11.7 Å². The van der Waals surface area contributed by atoms with E-state index in [2.05, 4.69) is 10.4 Å². The van der Waals surface area contributed by atoms with E-state index in [0.29, 0.717) is 6.54 Å². The molecule has 2 rings (SSSR count). The molecular formula is C13H14ClFN4O2. The second-order valence-electron chi connectivity index (χ2n) is 4.52. The number of aromatic nitrogens is 2. The Hall–Kier alpha value is -2.15. The first-order chi connectivity index (χ1) is 9.92. The Bertz CT molecular complexity index is 687. The van der Waals surface area contributed by atoms with Gasteiger partial charge in [-0.15, -0.1) is 0 Å². The number of hydrogen-bond donors (Lipinski definition) is 1. The van der Waals surface area contributed by atoms with Crippen LogP contribution in [-0.2, 0) is 20.0 Å². The number of rotatable bonds is 5. The molecule has 0 unspecified atom stereocenters. The van der Waals surface area contributed by atoms with Crippen molar-refractivity contribution in [1.29, 1.82) is 0 Å². The third-order valence-corrected chi connectivity index (χ3v) is 3.32. The van der Waals surface area contributed by atoms with Crippen LogP contribution in [0.15, 0.2) is 18.3 Å². The minimum atomic E-state index is -0.702. The molecule has 0 bridgehead atoms. The highest BCUT2D eigenvalue weighted by Gasteiger charge is 2.18. The number of benzene rings is 1. The van der Waals surface area contributed by atoms with Crippen LogP contribution in [0.25, 0.3) is 0 Å². The Morgan fingerprint density at radius 1 is 1.52 bits per heavy atom. The highest BCUT2D eigenvalue weighted by molar-refractivity contribution is 6.31. The first-order valence-corrected chi connectivity index (χ1v) is 6.68. The maximum absolute atomic E-state index is 13.5. The number of nitro groups is 1. The van der Waals surface area contributed by atoms with Crippen molar-refractivity contribution in [3.8, 4) is 0 Å². The number of halogens is 2. The summed E-state index contributed by atoms with van der Waals surface area (Å²) in [6.07, 6.45) is 2.57. The van der Waals surface area contributed by atoms with Crippen LogP contribution in [-0.4, -0.2) is 14.7 Å². The third-order valence-electron chi connectivity index (χ3n) is 3.03. The minimum Gasteiger partial charge on any atom is -0.375 e. The normalized spacial score (nSPS) is 10.7. The van der Waals surface area contributed by atoms with Gasteiger partial charge in [0.05, 0.1) is 15.6 Å². The van der Waals surface area contributed by atoms with Crippen molar-refractivity contribution in [2.24, 2.45) is 7.05 Å². The highest BCUT2D eigenvalue weighted by Crippen LogP contribution is 2.30. The lowest BCUT2D eigenvalue weighted by Gasteiger charge is -2.08. The summed E-state index contributed by atoms with van der Waals surface area (Å²) in [4.78, 5) is 10.4. The van der Waals surface area contributed by atoms with E-state index in [1.165, 1.54) is 0 Å². The van der Waals surface area contributed by atoms with E-state index in [-0.39, 0.29) is 16.4 Å². The van der Waals surface area contributed by atoms with E-state index in [0.717, 1.165) is 29.8 Å². The van der Waals surface area contributed by atoms with E-state index >= 15 is 0 Å². The third kappa shape index (κ3) is 3.30. The first kappa shape index (κ1) is 15.2. The SMILES string of the molecule is CCc1nn(C)cc1CNc1cc(F)c(Cl)cc1[N+](=O)[O-]. The van der Waals surface area contributed by atoms with Gasteiger partial charge in [-0.25, -0.2) is 4.39 Å². The number of nitrogens with zero attached hydrogens (tertiary/aromatic N) is 3. The van der Waals surface area contributed by atoms with Crippen LogP contribution in [0.1, 0.15) is 18.2 Å².